The van der Waals surface area contributed by atoms with Crippen LogP contribution in [-0.4, -0.2) is 35.9 Å². The lowest BCUT2D eigenvalue weighted by Crippen LogP contribution is -2.48. The van der Waals surface area contributed by atoms with Gasteiger partial charge < -0.3 is 10.0 Å². The normalized spacial score (nSPS) is 24.4. The van der Waals surface area contributed by atoms with Crippen molar-refractivity contribution in [1.29, 1.82) is 0 Å². The van der Waals surface area contributed by atoms with Crippen LogP contribution in [0.15, 0.2) is 54.6 Å². The maximum Gasteiger partial charge on any atom is 0.203 e. The number of benzene rings is 2. The lowest BCUT2D eigenvalue weighted by atomic mass is 9.68. The second-order valence-electron chi connectivity index (χ2n) is 8.22. The van der Waals surface area contributed by atoms with Gasteiger partial charge in [0.05, 0.1) is 0 Å². The van der Waals surface area contributed by atoms with E-state index in [0.717, 1.165) is 38.9 Å². The van der Waals surface area contributed by atoms with Crippen LogP contribution in [0.25, 0.3) is 0 Å². The average Bonchev–Trinajstić information content (AvgIpc) is 2.68. The van der Waals surface area contributed by atoms with Crippen molar-refractivity contribution in [3.63, 3.8) is 0 Å². The quantitative estimate of drug-likeness (QED) is 0.794. The minimum absolute atomic E-state index is 0.0393. The molecule has 1 aliphatic heterocycles. The Hall–Kier alpha value is -2.13. The maximum atomic E-state index is 11.5. The van der Waals surface area contributed by atoms with Gasteiger partial charge in [-0.05, 0) is 60.4 Å². The first-order chi connectivity index (χ1) is 13.0. The number of carbonyl (C=O) groups excluding carboxylic acids is 1. The number of likely N-dealkylation sites (tertiary alicyclic amines) is 1. The van der Waals surface area contributed by atoms with Crippen molar-refractivity contribution in [3.8, 4) is 5.75 Å². The summed E-state index contributed by atoms with van der Waals surface area (Å²) in [7, 11) is 0. The van der Waals surface area contributed by atoms with Crippen molar-refractivity contribution < 1.29 is 9.90 Å². The predicted molar refractivity (Wildman–Crippen MR) is 110 cm³/mol. The molecule has 0 spiro atoms. The molecule has 1 saturated heterocycles. The van der Waals surface area contributed by atoms with Crippen LogP contribution in [0.3, 0.4) is 0 Å². The summed E-state index contributed by atoms with van der Waals surface area (Å²) in [5, 5.41) is 9.85. The number of hydrogen-bond acceptors (Lipinski definition) is 3. The molecule has 1 aliphatic rings. The molecule has 2 aromatic carbocycles. The zero-order chi connectivity index (χ0) is 19.3. The summed E-state index contributed by atoms with van der Waals surface area (Å²) in [6.45, 7) is 7.30. The van der Waals surface area contributed by atoms with Crippen LogP contribution in [0.5, 0.6) is 5.75 Å². The summed E-state index contributed by atoms with van der Waals surface area (Å²) < 4.78 is 0. The number of rotatable bonds is 7. The highest BCUT2D eigenvalue weighted by Gasteiger charge is 2.38. The summed E-state index contributed by atoms with van der Waals surface area (Å²) in [5.41, 5.74) is 2.54. The fourth-order valence-corrected chi connectivity index (χ4v) is 4.26. The molecule has 0 bridgehead atoms. The molecular weight excluding hydrogens is 334 g/mol. The average molecular weight is 365 g/mol. The number of aromatic hydroxyl groups is 1. The van der Waals surface area contributed by atoms with Crippen molar-refractivity contribution in [2.75, 3.05) is 19.6 Å². The second kappa shape index (κ2) is 8.71. The Labute approximate surface area is 163 Å². The zero-order valence-corrected chi connectivity index (χ0v) is 16.4. The van der Waals surface area contributed by atoms with Gasteiger partial charge in [-0.1, -0.05) is 56.3 Å². The third-order valence-corrected chi connectivity index (χ3v) is 6.34. The van der Waals surface area contributed by atoms with E-state index in [1.165, 1.54) is 11.1 Å². The fraction of sp³-hybridized carbons (Fsp3) is 0.458. The van der Waals surface area contributed by atoms with E-state index in [4.69, 9.17) is 0 Å². The highest BCUT2D eigenvalue weighted by atomic mass is 16.3. The third-order valence-electron chi connectivity index (χ3n) is 6.34. The largest absolute Gasteiger partial charge is 0.508 e. The van der Waals surface area contributed by atoms with Gasteiger partial charge in [-0.25, -0.2) is 0 Å². The van der Waals surface area contributed by atoms with Crippen LogP contribution in [0.2, 0.25) is 0 Å². The number of aryl methyl sites for hydroxylation is 1. The summed E-state index contributed by atoms with van der Waals surface area (Å²) in [6.07, 6.45) is 5.07. The Morgan fingerprint density at radius 1 is 1.22 bits per heavy atom. The first-order valence-electron chi connectivity index (χ1n) is 9.95. The molecular formula is C24H30NO2. The second-order valence-corrected chi connectivity index (χ2v) is 8.22. The molecule has 143 valence electrons. The smallest absolute Gasteiger partial charge is 0.203 e. The number of piperidine rings is 1. The molecule has 0 amide bonds. The summed E-state index contributed by atoms with van der Waals surface area (Å²) in [4.78, 5) is 13.9. The molecule has 3 rings (SSSR count). The van der Waals surface area contributed by atoms with Crippen molar-refractivity contribution in [2.45, 2.75) is 38.5 Å². The summed E-state index contributed by atoms with van der Waals surface area (Å²) in [5.74, 6) is 0.747. The monoisotopic (exact) mass is 364 g/mol. The van der Waals surface area contributed by atoms with Crippen LogP contribution >= 0.6 is 0 Å². The number of phenols is 1. The van der Waals surface area contributed by atoms with Gasteiger partial charge in [0.25, 0.3) is 0 Å². The third kappa shape index (κ3) is 4.78. The molecule has 1 fully saturated rings. The van der Waals surface area contributed by atoms with E-state index in [-0.39, 0.29) is 11.3 Å². The molecule has 3 heteroatoms. The van der Waals surface area contributed by atoms with Crippen LogP contribution in [-0.2, 0) is 16.6 Å². The zero-order valence-electron chi connectivity index (χ0n) is 16.4. The van der Waals surface area contributed by atoms with E-state index in [0.29, 0.717) is 11.7 Å². The Kier molecular flexibility index (Phi) is 6.33. The van der Waals surface area contributed by atoms with E-state index < -0.39 is 0 Å². The Morgan fingerprint density at radius 3 is 2.67 bits per heavy atom. The Balaban J connectivity index is 1.57. The van der Waals surface area contributed by atoms with Crippen LogP contribution in [0, 0.1) is 11.8 Å². The van der Waals surface area contributed by atoms with Crippen LogP contribution < -0.4 is 0 Å². The van der Waals surface area contributed by atoms with Crippen molar-refractivity contribution in [1.82, 2.24) is 4.90 Å². The lowest BCUT2D eigenvalue weighted by molar-refractivity contribution is 0.103. The molecule has 3 nitrogen and oxygen atoms in total. The molecule has 0 aromatic heterocycles. The number of phenolic OH excluding ortho intramolecular Hbond substituents is 1. The molecule has 1 N–H and O–H groups in total. The molecule has 27 heavy (non-hydrogen) atoms. The molecule has 1 heterocycles. The SMILES string of the molecule is CC1CN(CC([C]=O)CCc2ccccc2)CCC1(C)c1cccc(O)c1. The van der Waals surface area contributed by atoms with Gasteiger partial charge in [0.1, 0.15) is 5.75 Å². The minimum atomic E-state index is -0.0393. The topological polar surface area (TPSA) is 40.5 Å². The van der Waals surface area contributed by atoms with Gasteiger partial charge in [-0.3, -0.25) is 4.79 Å². The fourth-order valence-electron chi connectivity index (χ4n) is 4.26. The number of nitrogens with zero attached hydrogens (tertiary/aromatic N) is 1. The van der Waals surface area contributed by atoms with E-state index >= 15 is 0 Å². The van der Waals surface area contributed by atoms with Crippen molar-refractivity contribution >= 4 is 6.29 Å². The van der Waals surface area contributed by atoms with E-state index in [9.17, 15) is 9.90 Å². The summed E-state index contributed by atoms with van der Waals surface area (Å²) in [6, 6.07) is 18.0. The first-order valence-corrected chi connectivity index (χ1v) is 9.95. The molecule has 3 atom stereocenters. The van der Waals surface area contributed by atoms with Gasteiger partial charge in [0.2, 0.25) is 6.29 Å². The molecule has 2 aromatic rings. The van der Waals surface area contributed by atoms with Gasteiger partial charge in [-0.15, -0.1) is 0 Å². The molecule has 0 saturated carbocycles. The van der Waals surface area contributed by atoms with E-state index in [2.05, 4.69) is 43.2 Å². The molecule has 0 aliphatic carbocycles. The van der Waals surface area contributed by atoms with Gasteiger partial charge in [0, 0.05) is 19.0 Å². The Bertz CT molecular complexity index is 745. The van der Waals surface area contributed by atoms with E-state index in [1.807, 2.05) is 30.3 Å². The highest BCUT2D eigenvalue weighted by Crippen LogP contribution is 2.40. The van der Waals surface area contributed by atoms with Crippen molar-refractivity contribution in [2.24, 2.45) is 11.8 Å². The maximum absolute atomic E-state index is 11.5. The highest BCUT2D eigenvalue weighted by molar-refractivity contribution is 5.54. The minimum Gasteiger partial charge on any atom is -0.508 e. The molecule has 3 unspecified atom stereocenters. The van der Waals surface area contributed by atoms with Crippen LogP contribution in [0.1, 0.15) is 37.8 Å². The van der Waals surface area contributed by atoms with E-state index in [1.54, 1.807) is 6.07 Å². The summed E-state index contributed by atoms with van der Waals surface area (Å²) >= 11 is 0. The standard InChI is InChI=1S/C24H30NO2/c1-19-16-25(14-13-24(19,2)22-9-6-10-23(27)15-22)17-21(18-26)12-11-20-7-4-3-5-8-20/h3-10,15,19,21,27H,11-14,16-17H2,1-2H3. The van der Waals surface area contributed by atoms with Gasteiger partial charge in [0.15, 0.2) is 0 Å². The van der Waals surface area contributed by atoms with Crippen LogP contribution in [0.4, 0.5) is 0 Å². The molecule has 1 radical (unpaired) electrons. The first kappa shape index (κ1) is 19.6. The Morgan fingerprint density at radius 2 is 2.00 bits per heavy atom. The van der Waals surface area contributed by atoms with Gasteiger partial charge >= 0.3 is 0 Å². The predicted octanol–water partition coefficient (Wildman–Crippen LogP) is 4.35. The number of hydrogen-bond donors (Lipinski definition) is 1. The lowest BCUT2D eigenvalue weighted by Gasteiger charge is -2.45. The van der Waals surface area contributed by atoms with Gasteiger partial charge in [-0.2, -0.15) is 0 Å². The van der Waals surface area contributed by atoms with Crippen molar-refractivity contribution in [3.05, 3.63) is 65.7 Å².